The topological polar surface area (TPSA) is 76.2 Å². The number of hydrogen-bond donors (Lipinski definition) is 2. The molecule has 0 saturated heterocycles. The fourth-order valence-corrected chi connectivity index (χ4v) is 0.895. The number of carboxylic acids is 1. The smallest absolute Gasteiger partial charge is 0.339 e. The summed E-state index contributed by atoms with van der Waals surface area (Å²) >= 11 is 0. The summed E-state index contributed by atoms with van der Waals surface area (Å²) in [6.45, 7) is 3.59. The Balaban J connectivity index is 3.33. The van der Waals surface area contributed by atoms with E-state index < -0.39 is 5.97 Å². The van der Waals surface area contributed by atoms with E-state index in [1.165, 1.54) is 6.07 Å². The summed E-state index contributed by atoms with van der Waals surface area (Å²) in [7, 11) is 0. The van der Waals surface area contributed by atoms with Crippen LogP contribution in [0.15, 0.2) is 6.07 Å². The maximum Gasteiger partial charge on any atom is 0.339 e. The fourth-order valence-electron chi connectivity index (χ4n) is 0.895. The summed E-state index contributed by atoms with van der Waals surface area (Å²) in [4.78, 5) is 14.5. The summed E-state index contributed by atoms with van der Waals surface area (Å²) in [5.41, 5.74) is 7.06. The van der Waals surface area contributed by atoms with Gasteiger partial charge < -0.3 is 10.8 Å². The van der Waals surface area contributed by atoms with Crippen molar-refractivity contribution >= 4 is 11.8 Å². The highest BCUT2D eigenvalue weighted by Crippen LogP contribution is 2.13. The van der Waals surface area contributed by atoms with E-state index in [2.05, 4.69) is 4.98 Å². The van der Waals surface area contributed by atoms with Gasteiger partial charge in [-0.3, -0.25) is 0 Å². The van der Waals surface area contributed by atoms with Crippen molar-refractivity contribution in [3.8, 4) is 0 Å². The molecule has 1 heterocycles. The molecule has 1 aromatic rings. The quantitative estimate of drug-likeness (QED) is 0.652. The van der Waals surface area contributed by atoms with Gasteiger partial charge in [0.05, 0.1) is 0 Å². The van der Waals surface area contributed by atoms with E-state index in [1.54, 1.807) is 13.8 Å². The van der Waals surface area contributed by atoms with E-state index in [0.29, 0.717) is 0 Å². The third kappa shape index (κ3) is 1.37. The van der Waals surface area contributed by atoms with Gasteiger partial charge >= 0.3 is 5.97 Å². The fraction of sp³-hybridized carbons (Fsp3) is 0.250. The van der Waals surface area contributed by atoms with Crippen LogP contribution in [0.4, 0.5) is 5.82 Å². The van der Waals surface area contributed by atoms with Crippen LogP contribution >= 0.6 is 0 Å². The summed E-state index contributed by atoms with van der Waals surface area (Å²) < 4.78 is 0. The second-order valence-electron chi connectivity index (χ2n) is 2.63. The summed E-state index contributed by atoms with van der Waals surface area (Å²) in [5.74, 6) is -0.964. The van der Waals surface area contributed by atoms with Crippen molar-refractivity contribution in [1.29, 1.82) is 0 Å². The van der Waals surface area contributed by atoms with Crippen molar-refractivity contribution in [3.63, 3.8) is 0 Å². The number of nitrogens with zero attached hydrogens (tertiary/aromatic N) is 1. The van der Waals surface area contributed by atoms with Gasteiger partial charge in [0.15, 0.2) is 0 Å². The highest BCUT2D eigenvalue weighted by molar-refractivity contribution is 5.92. The Hall–Kier alpha value is -1.58. The highest BCUT2D eigenvalue weighted by atomic mass is 16.4. The second kappa shape index (κ2) is 2.81. The number of hydrogen-bond acceptors (Lipinski definition) is 3. The molecule has 4 heteroatoms. The molecule has 0 bridgehead atoms. The Morgan fingerprint density at radius 3 is 2.67 bits per heavy atom. The number of anilines is 1. The number of aromatic carboxylic acids is 1. The third-order valence-corrected chi connectivity index (χ3v) is 1.73. The third-order valence-electron chi connectivity index (χ3n) is 1.73. The van der Waals surface area contributed by atoms with Crippen LogP contribution in [0.3, 0.4) is 0 Å². The minimum absolute atomic E-state index is 0.0677. The van der Waals surface area contributed by atoms with Crippen LogP contribution in [-0.2, 0) is 0 Å². The molecule has 0 atom stereocenters. The molecule has 0 radical (unpaired) electrons. The Morgan fingerprint density at radius 2 is 2.17 bits per heavy atom. The van der Waals surface area contributed by atoms with Crippen molar-refractivity contribution < 1.29 is 9.90 Å². The zero-order chi connectivity index (χ0) is 9.30. The van der Waals surface area contributed by atoms with Gasteiger partial charge in [-0.05, 0) is 25.5 Å². The van der Waals surface area contributed by atoms with E-state index in [1.807, 2.05) is 0 Å². The largest absolute Gasteiger partial charge is 0.478 e. The van der Waals surface area contributed by atoms with E-state index in [4.69, 9.17) is 10.8 Å². The van der Waals surface area contributed by atoms with E-state index in [-0.39, 0.29) is 11.4 Å². The van der Waals surface area contributed by atoms with Gasteiger partial charge in [-0.15, -0.1) is 0 Å². The van der Waals surface area contributed by atoms with Gasteiger partial charge in [0.2, 0.25) is 0 Å². The maximum atomic E-state index is 10.6. The zero-order valence-corrected chi connectivity index (χ0v) is 6.96. The predicted octanol–water partition coefficient (Wildman–Crippen LogP) is 0.979. The molecule has 0 aromatic carbocycles. The van der Waals surface area contributed by atoms with Gasteiger partial charge in [-0.1, -0.05) is 0 Å². The predicted molar refractivity (Wildman–Crippen MR) is 45.1 cm³/mol. The van der Waals surface area contributed by atoms with Gasteiger partial charge in [0.25, 0.3) is 0 Å². The van der Waals surface area contributed by atoms with Crippen molar-refractivity contribution in [2.75, 3.05) is 5.73 Å². The minimum atomic E-state index is -1.04. The first-order chi connectivity index (χ1) is 5.52. The van der Waals surface area contributed by atoms with E-state index in [0.717, 1.165) is 11.3 Å². The lowest BCUT2D eigenvalue weighted by Gasteiger charge is -2.03. The molecule has 1 rings (SSSR count). The van der Waals surface area contributed by atoms with E-state index in [9.17, 15) is 4.79 Å². The number of aromatic nitrogens is 1. The number of pyridine rings is 1. The number of nitrogens with two attached hydrogens (primary N) is 1. The summed E-state index contributed by atoms with van der Waals surface area (Å²) in [6, 6.07) is 1.53. The number of carboxylic acid groups (broad SMARTS) is 1. The first-order valence-corrected chi connectivity index (χ1v) is 3.49. The Bertz CT molecular complexity index is 334. The highest BCUT2D eigenvalue weighted by Gasteiger charge is 2.10. The standard InChI is InChI=1S/C8H10N2O2/c1-4-3-6(8(11)12)7(9)10-5(4)2/h3H,1-2H3,(H2,9,10)(H,11,12). The van der Waals surface area contributed by atoms with Gasteiger partial charge in [-0.25, -0.2) is 9.78 Å². The number of rotatable bonds is 1. The van der Waals surface area contributed by atoms with Crippen molar-refractivity contribution in [1.82, 2.24) is 4.98 Å². The summed E-state index contributed by atoms with van der Waals surface area (Å²) in [5, 5.41) is 8.66. The minimum Gasteiger partial charge on any atom is -0.478 e. The number of nitrogen functional groups attached to an aromatic ring is 1. The lowest BCUT2D eigenvalue weighted by Crippen LogP contribution is -2.06. The molecule has 0 aliphatic rings. The van der Waals surface area contributed by atoms with Crippen LogP contribution in [-0.4, -0.2) is 16.1 Å². The van der Waals surface area contributed by atoms with Crippen molar-refractivity contribution in [2.24, 2.45) is 0 Å². The molecule has 0 aliphatic heterocycles. The van der Waals surface area contributed by atoms with Crippen LogP contribution in [0.1, 0.15) is 21.6 Å². The van der Waals surface area contributed by atoms with Crippen LogP contribution in [0.5, 0.6) is 0 Å². The second-order valence-corrected chi connectivity index (χ2v) is 2.63. The molecule has 0 saturated carbocycles. The maximum absolute atomic E-state index is 10.6. The van der Waals surface area contributed by atoms with Gasteiger partial charge in [-0.2, -0.15) is 0 Å². The SMILES string of the molecule is Cc1cc(C(=O)O)c(N)nc1C. The molecular formula is C8H10N2O2. The molecule has 4 nitrogen and oxygen atoms in total. The lowest BCUT2D eigenvalue weighted by molar-refractivity contribution is 0.0697. The molecule has 0 unspecified atom stereocenters. The molecule has 0 spiro atoms. The van der Waals surface area contributed by atoms with Crippen LogP contribution in [0.25, 0.3) is 0 Å². The molecule has 0 aliphatic carbocycles. The van der Waals surface area contributed by atoms with Crippen LogP contribution in [0, 0.1) is 13.8 Å². The van der Waals surface area contributed by atoms with Crippen molar-refractivity contribution in [3.05, 3.63) is 22.9 Å². The van der Waals surface area contributed by atoms with Crippen molar-refractivity contribution in [2.45, 2.75) is 13.8 Å². The molecule has 1 aromatic heterocycles. The van der Waals surface area contributed by atoms with E-state index >= 15 is 0 Å². The van der Waals surface area contributed by atoms with Gasteiger partial charge in [0, 0.05) is 5.69 Å². The Labute approximate surface area is 70.0 Å². The lowest BCUT2D eigenvalue weighted by atomic mass is 10.1. The average Bonchev–Trinajstić information content (AvgIpc) is 1.96. The average molecular weight is 166 g/mol. The molecule has 0 fully saturated rings. The molecular weight excluding hydrogens is 156 g/mol. The first-order valence-electron chi connectivity index (χ1n) is 3.49. The van der Waals surface area contributed by atoms with Crippen LogP contribution < -0.4 is 5.73 Å². The monoisotopic (exact) mass is 166 g/mol. The number of carbonyl (C=O) groups is 1. The Morgan fingerprint density at radius 1 is 1.58 bits per heavy atom. The zero-order valence-electron chi connectivity index (χ0n) is 6.96. The molecule has 12 heavy (non-hydrogen) atoms. The molecule has 0 amide bonds. The normalized spacial score (nSPS) is 9.83. The van der Waals surface area contributed by atoms with Gasteiger partial charge in [0.1, 0.15) is 11.4 Å². The van der Waals surface area contributed by atoms with Crippen LogP contribution in [0.2, 0.25) is 0 Å². The number of aryl methyl sites for hydroxylation is 2. The molecule has 64 valence electrons. The summed E-state index contributed by atoms with van der Waals surface area (Å²) in [6.07, 6.45) is 0. The Kier molecular flexibility index (Phi) is 1.99. The molecule has 3 N–H and O–H groups in total. The first kappa shape index (κ1) is 8.52.